The molecule has 50 heavy (non-hydrogen) atoms. The van der Waals surface area contributed by atoms with Crippen molar-refractivity contribution in [2.24, 2.45) is 0 Å². The van der Waals surface area contributed by atoms with E-state index in [1.165, 1.54) is 109 Å². The average Bonchev–Trinajstić information content (AvgIpc) is 3.19. The van der Waals surface area contributed by atoms with Gasteiger partial charge in [-0.3, -0.25) is 0 Å². The molecule has 0 bridgehead atoms. The summed E-state index contributed by atoms with van der Waals surface area (Å²) in [6, 6.07) is 67.7. The van der Waals surface area contributed by atoms with Crippen LogP contribution in [0.1, 0.15) is 0 Å². The first-order chi connectivity index (χ1) is 24.8. The second-order valence-corrected chi connectivity index (χ2v) is 13.6. The van der Waals surface area contributed by atoms with Crippen LogP contribution in [0.2, 0.25) is 0 Å². The quantitative estimate of drug-likeness (QED) is 0.170. The summed E-state index contributed by atoms with van der Waals surface area (Å²) < 4.78 is 0. The molecule has 0 aromatic heterocycles. The third kappa shape index (κ3) is 3.88. The molecular formula is C50H30. The minimum Gasteiger partial charge on any atom is -0.0616 e. The van der Waals surface area contributed by atoms with Gasteiger partial charge in [0.25, 0.3) is 0 Å². The summed E-state index contributed by atoms with van der Waals surface area (Å²) in [5.41, 5.74) is 7.63. The van der Waals surface area contributed by atoms with E-state index < -0.39 is 0 Å². The Morgan fingerprint density at radius 3 is 1.32 bits per heavy atom. The first kappa shape index (κ1) is 27.5. The first-order valence-electron chi connectivity index (χ1n) is 17.4. The normalized spacial score (nSPS) is 12.0. The van der Waals surface area contributed by atoms with Crippen LogP contribution >= 0.6 is 0 Å². The van der Waals surface area contributed by atoms with Gasteiger partial charge >= 0.3 is 0 Å². The van der Waals surface area contributed by atoms with Crippen molar-refractivity contribution in [3.8, 4) is 33.4 Å². The fraction of sp³-hybridized carbons (Fsp3) is 0. The molecule has 0 radical (unpaired) electrons. The zero-order chi connectivity index (χ0) is 32.8. The average molecular weight is 631 g/mol. The van der Waals surface area contributed by atoms with E-state index in [4.69, 9.17) is 0 Å². The number of rotatable bonds is 3. The molecule has 0 N–H and O–H groups in total. The molecule has 230 valence electrons. The summed E-state index contributed by atoms with van der Waals surface area (Å²) in [6.45, 7) is 0. The molecule has 0 aliphatic carbocycles. The van der Waals surface area contributed by atoms with E-state index in [0.717, 1.165) is 0 Å². The van der Waals surface area contributed by atoms with E-state index in [2.05, 4.69) is 182 Å². The third-order valence-electron chi connectivity index (χ3n) is 11.0. The minimum atomic E-state index is 1.26. The predicted octanol–water partition coefficient (Wildman–Crippen LogP) is 14.2. The second-order valence-electron chi connectivity index (χ2n) is 13.6. The standard InChI is InChI=1S/C50H30/c1-4-16-35-31(11-1)14-9-21-39(35)42-25-23-33-24-26-44-47(40-22-10-15-32-12-2-5-17-36(32)40)30-48(45-28-27-43(42)49(33)50(44)45)46-29-34-13-3-6-18-37(34)38-19-7-8-20-41(38)46/h1-30H. The van der Waals surface area contributed by atoms with Gasteiger partial charge in [-0.1, -0.05) is 170 Å². The summed E-state index contributed by atoms with van der Waals surface area (Å²) in [5.74, 6) is 0. The predicted molar refractivity (Wildman–Crippen MR) is 216 cm³/mol. The summed E-state index contributed by atoms with van der Waals surface area (Å²) in [5, 5.41) is 18.0. The Morgan fingerprint density at radius 1 is 0.180 bits per heavy atom. The van der Waals surface area contributed by atoms with Crippen LogP contribution < -0.4 is 0 Å². The first-order valence-corrected chi connectivity index (χ1v) is 17.4. The molecular weight excluding hydrogens is 601 g/mol. The van der Waals surface area contributed by atoms with Crippen molar-refractivity contribution in [3.05, 3.63) is 182 Å². The van der Waals surface area contributed by atoms with Crippen LogP contribution in [0.4, 0.5) is 0 Å². The molecule has 11 rings (SSSR count). The maximum absolute atomic E-state index is 2.48. The van der Waals surface area contributed by atoms with Gasteiger partial charge < -0.3 is 0 Å². The van der Waals surface area contributed by atoms with Gasteiger partial charge in [0.2, 0.25) is 0 Å². The zero-order valence-electron chi connectivity index (χ0n) is 27.3. The summed E-state index contributed by atoms with van der Waals surface area (Å²) in [4.78, 5) is 0. The highest BCUT2D eigenvalue weighted by atomic mass is 14.2. The van der Waals surface area contributed by atoms with Crippen molar-refractivity contribution in [2.45, 2.75) is 0 Å². The molecule has 0 saturated heterocycles. The smallest absolute Gasteiger partial charge is 0.00141 e. The number of benzene rings is 11. The van der Waals surface area contributed by atoms with Crippen LogP contribution in [0.25, 0.3) is 109 Å². The summed E-state index contributed by atoms with van der Waals surface area (Å²) >= 11 is 0. The molecule has 11 aromatic rings. The topological polar surface area (TPSA) is 0 Å². The van der Waals surface area contributed by atoms with Gasteiger partial charge in [-0.15, -0.1) is 0 Å². The van der Waals surface area contributed by atoms with E-state index >= 15 is 0 Å². The van der Waals surface area contributed by atoms with E-state index in [1.54, 1.807) is 0 Å². The maximum Gasteiger partial charge on any atom is -0.00141 e. The lowest BCUT2D eigenvalue weighted by molar-refractivity contribution is 1.68. The Morgan fingerprint density at radius 2 is 0.620 bits per heavy atom. The molecule has 0 amide bonds. The molecule has 0 heterocycles. The van der Waals surface area contributed by atoms with Crippen LogP contribution in [0.3, 0.4) is 0 Å². The highest BCUT2D eigenvalue weighted by molar-refractivity contribution is 6.32. The lowest BCUT2D eigenvalue weighted by Crippen LogP contribution is -1.94. The molecule has 0 aliphatic rings. The van der Waals surface area contributed by atoms with Crippen LogP contribution in [-0.2, 0) is 0 Å². The van der Waals surface area contributed by atoms with Crippen molar-refractivity contribution in [1.82, 2.24) is 0 Å². The number of hydrogen-bond acceptors (Lipinski definition) is 0. The second kappa shape index (κ2) is 10.5. The molecule has 0 saturated carbocycles. The Labute approximate surface area is 289 Å². The Kier molecular flexibility index (Phi) is 5.76. The Hall–Kier alpha value is -6.50. The van der Waals surface area contributed by atoms with Crippen molar-refractivity contribution in [1.29, 1.82) is 0 Å². The van der Waals surface area contributed by atoms with Gasteiger partial charge in [0.1, 0.15) is 0 Å². The molecule has 0 spiro atoms. The molecule has 11 aromatic carbocycles. The van der Waals surface area contributed by atoms with Crippen LogP contribution in [-0.4, -0.2) is 0 Å². The third-order valence-corrected chi connectivity index (χ3v) is 11.0. The van der Waals surface area contributed by atoms with Gasteiger partial charge in [0.15, 0.2) is 0 Å². The molecule has 0 heteroatoms. The summed E-state index contributed by atoms with van der Waals surface area (Å²) in [6.07, 6.45) is 0. The molecule has 0 aliphatic heterocycles. The monoisotopic (exact) mass is 630 g/mol. The minimum absolute atomic E-state index is 1.26. The molecule has 0 unspecified atom stereocenters. The van der Waals surface area contributed by atoms with Gasteiger partial charge in [0, 0.05) is 0 Å². The van der Waals surface area contributed by atoms with Crippen molar-refractivity contribution in [2.75, 3.05) is 0 Å². The van der Waals surface area contributed by atoms with Crippen LogP contribution in [0.15, 0.2) is 182 Å². The fourth-order valence-electron chi connectivity index (χ4n) is 8.78. The highest BCUT2D eigenvalue weighted by Crippen LogP contribution is 2.49. The highest BCUT2D eigenvalue weighted by Gasteiger charge is 2.21. The van der Waals surface area contributed by atoms with Crippen LogP contribution in [0.5, 0.6) is 0 Å². The Bertz CT molecular complexity index is 3130. The molecule has 0 fully saturated rings. The van der Waals surface area contributed by atoms with Crippen molar-refractivity contribution >= 4 is 75.4 Å². The number of hydrogen-bond donors (Lipinski definition) is 0. The lowest BCUT2D eigenvalue weighted by atomic mass is 9.82. The zero-order valence-corrected chi connectivity index (χ0v) is 27.3. The van der Waals surface area contributed by atoms with Crippen molar-refractivity contribution < 1.29 is 0 Å². The largest absolute Gasteiger partial charge is 0.0616 e. The van der Waals surface area contributed by atoms with E-state index in [-0.39, 0.29) is 0 Å². The van der Waals surface area contributed by atoms with Crippen molar-refractivity contribution in [3.63, 3.8) is 0 Å². The van der Waals surface area contributed by atoms with Gasteiger partial charge in [-0.25, -0.2) is 0 Å². The van der Waals surface area contributed by atoms with E-state index in [1.807, 2.05) is 0 Å². The van der Waals surface area contributed by atoms with E-state index in [9.17, 15) is 0 Å². The number of fused-ring (bicyclic) bond motifs is 5. The molecule has 0 atom stereocenters. The fourth-order valence-corrected chi connectivity index (χ4v) is 8.78. The van der Waals surface area contributed by atoms with Crippen LogP contribution in [0, 0.1) is 0 Å². The maximum atomic E-state index is 2.48. The summed E-state index contributed by atoms with van der Waals surface area (Å²) in [7, 11) is 0. The van der Waals surface area contributed by atoms with Gasteiger partial charge in [-0.2, -0.15) is 0 Å². The lowest BCUT2D eigenvalue weighted by Gasteiger charge is -2.21. The molecule has 0 nitrogen and oxygen atoms in total. The van der Waals surface area contributed by atoms with Gasteiger partial charge in [-0.05, 0) is 121 Å². The van der Waals surface area contributed by atoms with E-state index in [0.29, 0.717) is 0 Å². The SMILES string of the molecule is c1ccc2c(-c3ccc4ccc5c(-c6cccc7ccccc67)cc(-c6cc7ccccc7c7ccccc67)c6ccc3c4c56)cccc2c1. The van der Waals surface area contributed by atoms with Gasteiger partial charge in [0.05, 0.1) is 0 Å². The Balaban J connectivity index is 1.33.